The van der Waals surface area contributed by atoms with Gasteiger partial charge in [-0.15, -0.1) is 0 Å². The van der Waals surface area contributed by atoms with Crippen LogP contribution in [0.1, 0.15) is 20.8 Å². The molecule has 12 heteroatoms. The number of aliphatic hydroxyl groups excluding tert-OH is 2. The highest BCUT2D eigenvalue weighted by Gasteiger charge is 2.13. The lowest BCUT2D eigenvalue weighted by Crippen LogP contribution is -2.42. The average Bonchev–Trinajstić information content (AvgIpc) is 2.93. The van der Waals surface area contributed by atoms with E-state index in [9.17, 15) is 19.8 Å². The SMILES string of the molecule is C=C(C)C(=O)NCCOCC(O)COCC[N+](C)(C)CC.C=CC(=O)OCCOCC(O)COCC[N+](C)(C)CC. The molecule has 0 aromatic carbocycles. The number of ether oxygens (including phenoxy) is 5. The molecule has 0 saturated carbocycles. The van der Waals surface area contributed by atoms with E-state index in [4.69, 9.17) is 23.7 Å². The van der Waals surface area contributed by atoms with Gasteiger partial charge >= 0.3 is 5.97 Å². The predicted octanol–water partition coefficient (Wildman–Crippen LogP) is 0.375. The Bertz CT molecular complexity index is 718. The van der Waals surface area contributed by atoms with Crippen LogP contribution in [0.5, 0.6) is 0 Å². The van der Waals surface area contributed by atoms with Crippen molar-refractivity contribution in [3.63, 3.8) is 0 Å². The Hall–Kier alpha value is -1.90. The summed E-state index contributed by atoms with van der Waals surface area (Å²) in [7, 11) is 8.55. The van der Waals surface area contributed by atoms with Gasteiger partial charge in [0.05, 0.1) is 94.1 Å². The van der Waals surface area contributed by atoms with Gasteiger partial charge in [0.25, 0.3) is 0 Å². The standard InChI is InChI=1S/C15H30N2O4.C14H28NO5/c1-6-17(4,5)8-10-21-12-14(18)11-20-9-7-16-15(19)13(2)3;1-5-14(17)20-10-9-19-12-13(16)11-18-8-7-15(3,4)6-2/h14,18H,2,6-12H2,1,3-5H3;5,13,16H,1,6-12H2,2-4H3/q;+1/p+1. The Kier molecular flexibility index (Phi) is 24.8. The van der Waals surface area contributed by atoms with E-state index in [0.29, 0.717) is 31.9 Å². The Morgan fingerprint density at radius 2 is 1.20 bits per heavy atom. The summed E-state index contributed by atoms with van der Waals surface area (Å²) in [6, 6.07) is 0. The molecule has 0 aliphatic heterocycles. The summed E-state index contributed by atoms with van der Waals surface area (Å²) in [4.78, 5) is 21.9. The predicted molar refractivity (Wildman–Crippen MR) is 159 cm³/mol. The second-order valence-corrected chi connectivity index (χ2v) is 11.0. The maximum Gasteiger partial charge on any atom is 0.330 e. The summed E-state index contributed by atoms with van der Waals surface area (Å²) < 4.78 is 27.8. The molecule has 242 valence electrons. The van der Waals surface area contributed by atoms with Crippen molar-refractivity contribution in [2.45, 2.75) is 33.0 Å². The number of rotatable bonds is 24. The van der Waals surface area contributed by atoms with Gasteiger partial charge in [-0.2, -0.15) is 0 Å². The van der Waals surface area contributed by atoms with Crippen molar-refractivity contribution >= 4 is 11.9 Å². The molecular weight excluding hydrogens is 534 g/mol. The first-order chi connectivity index (χ1) is 19.2. The van der Waals surface area contributed by atoms with Gasteiger partial charge in [0.15, 0.2) is 0 Å². The third-order valence-corrected chi connectivity index (χ3v) is 6.19. The summed E-state index contributed by atoms with van der Waals surface area (Å²) in [5.74, 6) is -0.659. The average molecular weight is 594 g/mol. The summed E-state index contributed by atoms with van der Waals surface area (Å²) in [5.41, 5.74) is 0.469. The molecule has 0 heterocycles. The number of hydrogen-bond acceptors (Lipinski definition) is 9. The highest BCUT2D eigenvalue weighted by atomic mass is 16.6. The molecule has 41 heavy (non-hydrogen) atoms. The number of amides is 1. The lowest BCUT2D eigenvalue weighted by Gasteiger charge is -2.28. The first kappa shape index (κ1) is 41.2. The van der Waals surface area contributed by atoms with Crippen LogP contribution in [0.4, 0.5) is 0 Å². The third-order valence-electron chi connectivity index (χ3n) is 6.19. The van der Waals surface area contributed by atoms with Crippen molar-refractivity contribution in [2.24, 2.45) is 0 Å². The molecule has 0 aromatic rings. The fraction of sp³-hybridized carbons (Fsp3) is 0.793. The largest absolute Gasteiger partial charge is 0.460 e. The number of likely N-dealkylation sites (N-methyl/N-ethyl adjacent to an activating group) is 2. The van der Waals surface area contributed by atoms with Gasteiger partial charge in [-0.1, -0.05) is 13.2 Å². The van der Waals surface area contributed by atoms with Crippen LogP contribution in [0.3, 0.4) is 0 Å². The quantitative estimate of drug-likeness (QED) is 0.0629. The van der Waals surface area contributed by atoms with Gasteiger partial charge in [-0.25, -0.2) is 4.79 Å². The minimum absolute atomic E-state index is 0.153. The van der Waals surface area contributed by atoms with Crippen LogP contribution in [0.25, 0.3) is 0 Å². The van der Waals surface area contributed by atoms with E-state index in [1.54, 1.807) is 6.92 Å². The maximum absolute atomic E-state index is 11.2. The molecule has 0 rings (SSSR count). The fourth-order valence-corrected chi connectivity index (χ4v) is 2.56. The molecule has 0 bridgehead atoms. The first-order valence-electron chi connectivity index (χ1n) is 14.2. The van der Waals surface area contributed by atoms with Crippen LogP contribution in [0, 0.1) is 0 Å². The molecule has 1 amide bonds. The third kappa shape index (κ3) is 28.0. The topological polar surface area (TPSA) is 133 Å². The molecule has 0 saturated heterocycles. The van der Waals surface area contributed by atoms with Crippen LogP contribution in [-0.4, -0.2) is 164 Å². The Labute approximate surface area is 248 Å². The van der Waals surface area contributed by atoms with Crippen LogP contribution in [0.15, 0.2) is 24.8 Å². The number of quaternary nitrogens is 2. The lowest BCUT2D eigenvalue weighted by atomic mass is 10.3. The number of carbonyl (C=O) groups is 2. The zero-order valence-electron chi connectivity index (χ0n) is 26.7. The molecular formula is C29H59N3O9+2. The lowest BCUT2D eigenvalue weighted by molar-refractivity contribution is -0.888. The van der Waals surface area contributed by atoms with Crippen molar-refractivity contribution in [3.05, 3.63) is 24.8 Å². The molecule has 2 unspecified atom stereocenters. The maximum atomic E-state index is 11.2. The van der Waals surface area contributed by atoms with E-state index in [2.05, 4.69) is 60.5 Å². The van der Waals surface area contributed by atoms with Crippen molar-refractivity contribution in [1.82, 2.24) is 5.32 Å². The van der Waals surface area contributed by atoms with Crippen LogP contribution >= 0.6 is 0 Å². The number of aliphatic hydroxyl groups is 2. The number of hydrogen-bond donors (Lipinski definition) is 3. The number of nitrogens with zero attached hydrogens (tertiary/aromatic N) is 2. The van der Waals surface area contributed by atoms with E-state index >= 15 is 0 Å². The summed E-state index contributed by atoms with van der Waals surface area (Å²) >= 11 is 0. The van der Waals surface area contributed by atoms with E-state index in [0.717, 1.165) is 41.2 Å². The van der Waals surface area contributed by atoms with Crippen molar-refractivity contribution in [2.75, 3.05) is 120 Å². The second kappa shape index (κ2) is 24.7. The summed E-state index contributed by atoms with van der Waals surface area (Å²) in [6.45, 7) is 19.9. The van der Waals surface area contributed by atoms with E-state index < -0.39 is 18.2 Å². The molecule has 2 atom stereocenters. The van der Waals surface area contributed by atoms with Gasteiger partial charge in [0.2, 0.25) is 5.91 Å². The number of nitrogens with one attached hydrogen (secondary N) is 1. The van der Waals surface area contributed by atoms with E-state index in [1.165, 1.54) is 0 Å². The fourth-order valence-electron chi connectivity index (χ4n) is 2.56. The number of esters is 1. The molecule has 12 nitrogen and oxygen atoms in total. The van der Waals surface area contributed by atoms with Gasteiger partial charge in [0.1, 0.15) is 31.9 Å². The zero-order chi connectivity index (χ0) is 31.7. The minimum Gasteiger partial charge on any atom is -0.460 e. The van der Waals surface area contributed by atoms with Crippen LogP contribution < -0.4 is 5.32 Å². The van der Waals surface area contributed by atoms with Crippen molar-refractivity contribution in [3.8, 4) is 0 Å². The Morgan fingerprint density at radius 3 is 1.59 bits per heavy atom. The Balaban J connectivity index is 0. The van der Waals surface area contributed by atoms with Gasteiger partial charge in [-0.3, -0.25) is 4.79 Å². The molecule has 0 radical (unpaired) electrons. The molecule has 0 spiro atoms. The first-order valence-corrected chi connectivity index (χ1v) is 14.2. The van der Waals surface area contributed by atoms with Gasteiger partial charge < -0.3 is 48.2 Å². The minimum atomic E-state index is -0.664. The van der Waals surface area contributed by atoms with E-state index in [-0.39, 0.29) is 45.5 Å². The van der Waals surface area contributed by atoms with Gasteiger partial charge in [0, 0.05) is 18.2 Å². The van der Waals surface area contributed by atoms with Gasteiger partial charge in [-0.05, 0) is 20.8 Å². The molecule has 0 aliphatic carbocycles. The second-order valence-electron chi connectivity index (χ2n) is 11.0. The number of carbonyl (C=O) groups excluding carboxylic acids is 2. The molecule has 0 fully saturated rings. The van der Waals surface area contributed by atoms with E-state index in [1.807, 2.05) is 0 Å². The van der Waals surface area contributed by atoms with Crippen molar-refractivity contribution < 1.29 is 52.5 Å². The molecule has 0 aromatic heterocycles. The zero-order valence-corrected chi connectivity index (χ0v) is 26.7. The Morgan fingerprint density at radius 1 is 0.780 bits per heavy atom. The monoisotopic (exact) mass is 593 g/mol. The summed E-state index contributed by atoms with van der Waals surface area (Å²) in [5, 5.41) is 21.9. The van der Waals surface area contributed by atoms with Crippen LogP contribution in [0.2, 0.25) is 0 Å². The molecule has 0 aliphatic rings. The highest BCUT2D eigenvalue weighted by Crippen LogP contribution is 1.97. The van der Waals surface area contributed by atoms with Crippen LogP contribution in [-0.2, 0) is 33.3 Å². The van der Waals surface area contributed by atoms with Crippen molar-refractivity contribution in [1.29, 1.82) is 0 Å². The smallest absolute Gasteiger partial charge is 0.330 e. The molecule has 3 N–H and O–H groups in total. The highest BCUT2D eigenvalue weighted by molar-refractivity contribution is 5.92. The normalized spacial score (nSPS) is 13.0. The summed E-state index contributed by atoms with van der Waals surface area (Å²) in [6.07, 6.45) is -0.208.